The van der Waals surface area contributed by atoms with Gasteiger partial charge in [0, 0.05) is 11.0 Å². The molecule has 1 fully saturated rings. The van der Waals surface area contributed by atoms with Crippen molar-refractivity contribution in [3.8, 4) is 5.82 Å². The Bertz CT molecular complexity index is 1100. The van der Waals surface area contributed by atoms with E-state index in [-0.39, 0.29) is 17.3 Å². The summed E-state index contributed by atoms with van der Waals surface area (Å²) in [6.45, 7) is 4.14. The first-order chi connectivity index (χ1) is 15.0. The number of hydrogen-bond acceptors (Lipinski definition) is 9. The number of rotatable bonds is 6. The van der Waals surface area contributed by atoms with E-state index in [1.165, 1.54) is 11.1 Å². The number of likely N-dealkylation sites (tertiary alicyclic amines) is 1. The number of benzene rings is 1. The minimum absolute atomic E-state index is 0.0697. The highest BCUT2D eigenvalue weighted by Crippen LogP contribution is 2.20. The molecule has 0 bridgehead atoms. The Labute approximate surface area is 186 Å². The van der Waals surface area contributed by atoms with E-state index in [0.29, 0.717) is 18.0 Å². The van der Waals surface area contributed by atoms with Gasteiger partial charge in [-0.15, -0.1) is 5.10 Å². The Morgan fingerprint density at radius 2 is 2.10 bits per heavy atom. The Morgan fingerprint density at radius 3 is 2.81 bits per heavy atom. The zero-order valence-corrected chi connectivity index (χ0v) is 18.5. The van der Waals surface area contributed by atoms with Crippen LogP contribution < -0.4 is 11.2 Å². The van der Waals surface area contributed by atoms with Crippen molar-refractivity contribution in [3.63, 3.8) is 0 Å². The molecule has 1 aromatic carbocycles. The van der Waals surface area contributed by atoms with Gasteiger partial charge in [0.2, 0.25) is 11.6 Å². The molecular weight excluding hydrogens is 466 g/mol. The van der Waals surface area contributed by atoms with E-state index in [4.69, 9.17) is 10.4 Å². The predicted molar refractivity (Wildman–Crippen MR) is 117 cm³/mol. The van der Waals surface area contributed by atoms with E-state index in [1.54, 1.807) is 0 Å². The second kappa shape index (κ2) is 9.35. The number of aromatic nitrogens is 5. The lowest BCUT2D eigenvalue weighted by Crippen LogP contribution is -2.31. The maximum absolute atomic E-state index is 12.9. The van der Waals surface area contributed by atoms with Gasteiger partial charge in [0.05, 0.1) is 11.4 Å². The van der Waals surface area contributed by atoms with Gasteiger partial charge in [0.1, 0.15) is 0 Å². The van der Waals surface area contributed by atoms with Crippen molar-refractivity contribution >= 4 is 33.4 Å². The fraction of sp³-hybridized carbons (Fsp3) is 0.368. The molecule has 1 amide bonds. The molecule has 1 aliphatic heterocycles. The van der Waals surface area contributed by atoms with Crippen molar-refractivity contribution in [1.29, 1.82) is 0 Å². The lowest BCUT2D eigenvalue weighted by molar-refractivity contribution is 0.0947. The first kappa shape index (κ1) is 21.1. The van der Waals surface area contributed by atoms with Crippen LogP contribution in [0.15, 0.2) is 38.5 Å². The number of carbonyl (C=O) groups excluding carboxylic acids is 1. The van der Waals surface area contributed by atoms with E-state index < -0.39 is 5.91 Å². The van der Waals surface area contributed by atoms with Crippen LogP contribution in [0.4, 0.5) is 5.82 Å². The summed E-state index contributed by atoms with van der Waals surface area (Å²) in [6, 6.07) is 7.65. The topological polar surface area (TPSA) is 140 Å². The van der Waals surface area contributed by atoms with Crippen LogP contribution >= 0.6 is 15.9 Å². The summed E-state index contributed by atoms with van der Waals surface area (Å²) in [6.07, 6.45) is 3.41. The summed E-state index contributed by atoms with van der Waals surface area (Å²) in [5.41, 5.74) is 10.7. The van der Waals surface area contributed by atoms with Crippen molar-refractivity contribution in [2.24, 2.45) is 5.10 Å². The molecule has 1 saturated heterocycles. The molecule has 0 unspecified atom stereocenters. The standard InChI is InChI=1S/C19H22BrN9O2/c1-12(13-6-5-7-14(20)10-13)22-24-19(30)16-15(11-28-8-3-2-4-9-28)29(27-23-16)18-17(21)25-31-26-18/h5-7,10H,2-4,8-9,11H2,1H3,(H2,21,25)(H,24,30)/b22-12-. The zero-order valence-electron chi connectivity index (χ0n) is 17.0. The lowest BCUT2D eigenvalue weighted by atomic mass is 10.1. The summed E-state index contributed by atoms with van der Waals surface area (Å²) in [5, 5.41) is 19.8. The molecule has 4 rings (SSSR count). The average Bonchev–Trinajstić information content (AvgIpc) is 3.38. The van der Waals surface area contributed by atoms with Crippen molar-refractivity contribution in [2.45, 2.75) is 32.7 Å². The molecular formula is C19H22BrN9O2. The van der Waals surface area contributed by atoms with Crippen LogP contribution in [0.2, 0.25) is 0 Å². The SMILES string of the molecule is C/C(=N/NC(=O)c1nnn(-c2nonc2N)c1CN1CCCCC1)c1cccc(Br)c1. The normalized spacial score (nSPS) is 15.2. The summed E-state index contributed by atoms with van der Waals surface area (Å²) in [4.78, 5) is 15.2. The van der Waals surface area contributed by atoms with Gasteiger partial charge < -0.3 is 5.73 Å². The van der Waals surface area contributed by atoms with Crippen LogP contribution in [-0.4, -0.2) is 54.9 Å². The summed E-state index contributed by atoms with van der Waals surface area (Å²) in [5.74, 6) is -0.199. The molecule has 3 aromatic rings. The first-order valence-corrected chi connectivity index (χ1v) is 10.7. The monoisotopic (exact) mass is 487 g/mol. The van der Waals surface area contributed by atoms with E-state index in [0.717, 1.165) is 36.0 Å². The summed E-state index contributed by atoms with van der Waals surface area (Å²) in [7, 11) is 0. The second-order valence-electron chi connectivity index (χ2n) is 7.25. The maximum Gasteiger partial charge on any atom is 0.293 e. The van der Waals surface area contributed by atoms with Crippen LogP contribution in [0.5, 0.6) is 0 Å². The Balaban J connectivity index is 1.60. The van der Waals surface area contributed by atoms with Gasteiger partial charge in [0.25, 0.3) is 5.91 Å². The van der Waals surface area contributed by atoms with Gasteiger partial charge in [-0.25, -0.2) is 10.1 Å². The van der Waals surface area contributed by atoms with Crippen LogP contribution in [0.1, 0.15) is 47.9 Å². The van der Waals surface area contributed by atoms with Gasteiger partial charge >= 0.3 is 0 Å². The largest absolute Gasteiger partial charge is 0.378 e. The van der Waals surface area contributed by atoms with Crippen molar-refractivity contribution in [3.05, 3.63) is 45.7 Å². The smallest absolute Gasteiger partial charge is 0.293 e. The molecule has 12 heteroatoms. The Morgan fingerprint density at radius 1 is 1.29 bits per heavy atom. The van der Waals surface area contributed by atoms with E-state index in [2.05, 4.69) is 52.0 Å². The predicted octanol–water partition coefficient (Wildman–Crippen LogP) is 2.13. The number of nitrogens with two attached hydrogens (primary N) is 1. The lowest BCUT2D eigenvalue weighted by Gasteiger charge is -2.26. The average molecular weight is 488 g/mol. The fourth-order valence-corrected chi connectivity index (χ4v) is 3.82. The van der Waals surface area contributed by atoms with Crippen LogP contribution in [0, 0.1) is 0 Å². The molecule has 11 nitrogen and oxygen atoms in total. The number of hydrogen-bond donors (Lipinski definition) is 2. The molecule has 1 aliphatic rings. The van der Waals surface area contributed by atoms with Crippen LogP contribution in [-0.2, 0) is 6.54 Å². The highest BCUT2D eigenvalue weighted by Gasteiger charge is 2.26. The third-order valence-electron chi connectivity index (χ3n) is 5.06. The molecule has 0 saturated carbocycles. The molecule has 0 atom stereocenters. The van der Waals surface area contributed by atoms with Gasteiger partial charge in [-0.05, 0) is 60.9 Å². The van der Waals surface area contributed by atoms with Crippen molar-refractivity contribution < 1.29 is 9.42 Å². The first-order valence-electron chi connectivity index (χ1n) is 9.89. The van der Waals surface area contributed by atoms with Crippen LogP contribution in [0.25, 0.3) is 5.82 Å². The third kappa shape index (κ3) is 4.80. The van der Waals surface area contributed by atoms with E-state index in [1.807, 2.05) is 31.2 Å². The number of hydrazone groups is 1. The van der Waals surface area contributed by atoms with E-state index in [9.17, 15) is 4.79 Å². The number of amides is 1. The third-order valence-corrected chi connectivity index (χ3v) is 5.56. The number of carbonyl (C=O) groups is 1. The minimum atomic E-state index is -0.470. The molecule has 3 heterocycles. The second-order valence-corrected chi connectivity index (χ2v) is 8.17. The number of anilines is 1. The molecule has 162 valence electrons. The van der Waals surface area contributed by atoms with Gasteiger partial charge in [-0.2, -0.15) is 9.78 Å². The van der Waals surface area contributed by atoms with E-state index >= 15 is 0 Å². The highest BCUT2D eigenvalue weighted by atomic mass is 79.9. The molecule has 0 spiro atoms. The van der Waals surface area contributed by atoms with Crippen molar-refractivity contribution in [1.82, 2.24) is 35.6 Å². The minimum Gasteiger partial charge on any atom is -0.378 e. The maximum atomic E-state index is 12.9. The fourth-order valence-electron chi connectivity index (χ4n) is 3.42. The quantitative estimate of drug-likeness (QED) is 0.397. The molecule has 0 aliphatic carbocycles. The zero-order chi connectivity index (χ0) is 21.8. The number of nitrogens with one attached hydrogen (secondary N) is 1. The van der Waals surface area contributed by atoms with Crippen molar-refractivity contribution in [2.75, 3.05) is 18.8 Å². The highest BCUT2D eigenvalue weighted by molar-refractivity contribution is 9.10. The summed E-state index contributed by atoms with van der Waals surface area (Å²) >= 11 is 3.43. The van der Waals surface area contributed by atoms with Gasteiger partial charge in [0.15, 0.2) is 5.69 Å². The number of nitrogens with zero attached hydrogens (tertiary/aromatic N) is 7. The number of nitrogen functional groups attached to an aromatic ring is 1. The number of piperidine rings is 1. The van der Waals surface area contributed by atoms with Crippen LogP contribution in [0.3, 0.4) is 0 Å². The molecule has 3 N–H and O–H groups in total. The Kier molecular flexibility index (Phi) is 6.37. The molecule has 31 heavy (non-hydrogen) atoms. The Hall–Kier alpha value is -3.12. The van der Waals surface area contributed by atoms with Gasteiger partial charge in [-0.3, -0.25) is 9.69 Å². The molecule has 0 radical (unpaired) electrons. The van der Waals surface area contributed by atoms with Gasteiger partial charge in [-0.1, -0.05) is 39.7 Å². The summed E-state index contributed by atoms with van der Waals surface area (Å²) < 4.78 is 7.03. The number of halogens is 1. The molecule has 2 aromatic heterocycles.